The number of oxazole rings is 1. The number of carbonyl (C=O) groups is 1. The second-order valence-electron chi connectivity index (χ2n) is 10.3. The number of piperidine rings is 1. The Hall–Kier alpha value is -4.38. The van der Waals surface area contributed by atoms with E-state index in [1.165, 1.54) is 30.5 Å². The van der Waals surface area contributed by atoms with Crippen LogP contribution in [0.25, 0.3) is 33.4 Å². The largest absolute Gasteiger partial charge is 0.455 e. The highest BCUT2D eigenvalue weighted by Crippen LogP contribution is 2.42. The zero-order valence-electron chi connectivity index (χ0n) is 22.8. The molecule has 1 aliphatic rings. The van der Waals surface area contributed by atoms with E-state index in [1.54, 1.807) is 18.2 Å². The SMILES string of the molecule is CNC(=O)c1c(-c2ccc(F)cc2)oc2cc(N(C)S(C)(=O)=O)c([C@@H]3CCCN(c4nc5ccccc5o4)C3)cc12. The van der Waals surface area contributed by atoms with Crippen molar-refractivity contribution in [2.24, 2.45) is 0 Å². The maximum Gasteiger partial charge on any atom is 0.298 e. The lowest BCUT2D eigenvalue weighted by molar-refractivity contribution is 0.0964. The van der Waals surface area contributed by atoms with Crippen molar-refractivity contribution in [1.29, 1.82) is 0 Å². The van der Waals surface area contributed by atoms with Crippen molar-refractivity contribution in [3.05, 3.63) is 77.6 Å². The third kappa shape index (κ3) is 4.90. The Bertz CT molecular complexity index is 1850. The van der Waals surface area contributed by atoms with Crippen molar-refractivity contribution in [3.8, 4) is 11.3 Å². The molecule has 0 aliphatic carbocycles. The van der Waals surface area contributed by atoms with Crippen molar-refractivity contribution in [2.75, 3.05) is 42.6 Å². The molecule has 1 fully saturated rings. The Morgan fingerprint density at radius 2 is 1.85 bits per heavy atom. The summed E-state index contributed by atoms with van der Waals surface area (Å²) in [6.45, 7) is 1.29. The molecule has 0 saturated carbocycles. The number of para-hydroxylation sites is 2. The summed E-state index contributed by atoms with van der Waals surface area (Å²) in [6, 6.07) is 17.3. The summed E-state index contributed by atoms with van der Waals surface area (Å²) in [6.07, 6.45) is 2.78. The highest BCUT2D eigenvalue weighted by atomic mass is 32.2. The first-order valence-electron chi connectivity index (χ1n) is 13.3. The number of nitrogens with zero attached hydrogens (tertiary/aromatic N) is 3. The van der Waals surface area contributed by atoms with E-state index in [4.69, 9.17) is 8.83 Å². The van der Waals surface area contributed by atoms with Gasteiger partial charge in [0.1, 0.15) is 22.7 Å². The molecule has 1 N–H and O–H groups in total. The Balaban J connectivity index is 1.50. The predicted molar refractivity (Wildman–Crippen MR) is 156 cm³/mol. The number of hydrogen-bond acceptors (Lipinski definition) is 7. The number of anilines is 2. The zero-order valence-corrected chi connectivity index (χ0v) is 23.7. The van der Waals surface area contributed by atoms with Crippen molar-refractivity contribution < 1.29 is 26.4 Å². The van der Waals surface area contributed by atoms with Gasteiger partial charge in [-0.15, -0.1) is 0 Å². The lowest BCUT2D eigenvalue weighted by atomic mass is 9.88. The fraction of sp³-hybridized carbons (Fsp3) is 0.267. The molecule has 3 heterocycles. The number of hydrogen-bond donors (Lipinski definition) is 1. The van der Waals surface area contributed by atoms with Crippen molar-refractivity contribution in [1.82, 2.24) is 10.3 Å². The number of amides is 1. The van der Waals surface area contributed by atoms with Gasteiger partial charge in [0.15, 0.2) is 5.58 Å². The molecule has 41 heavy (non-hydrogen) atoms. The zero-order chi connectivity index (χ0) is 28.9. The molecular weight excluding hydrogens is 547 g/mol. The molecule has 5 aromatic rings. The molecule has 1 saturated heterocycles. The fourth-order valence-corrected chi connectivity index (χ4v) is 6.00. The van der Waals surface area contributed by atoms with Crippen LogP contribution < -0.4 is 14.5 Å². The molecule has 6 rings (SSSR count). The number of nitrogens with one attached hydrogen (secondary N) is 1. The van der Waals surface area contributed by atoms with Crippen LogP contribution in [0.15, 0.2) is 69.5 Å². The van der Waals surface area contributed by atoms with Crippen molar-refractivity contribution in [2.45, 2.75) is 18.8 Å². The van der Waals surface area contributed by atoms with Crippen LogP contribution in [0.4, 0.5) is 16.1 Å². The monoisotopic (exact) mass is 576 g/mol. The molecule has 1 aliphatic heterocycles. The van der Waals surface area contributed by atoms with E-state index in [0.717, 1.165) is 36.7 Å². The van der Waals surface area contributed by atoms with Crippen LogP contribution in [0.5, 0.6) is 0 Å². The normalized spacial score (nSPS) is 15.9. The van der Waals surface area contributed by atoms with Crippen LogP contribution in [0.2, 0.25) is 0 Å². The van der Waals surface area contributed by atoms with Crippen molar-refractivity contribution >= 4 is 49.7 Å². The highest BCUT2D eigenvalue weighted by Gasteiger charge is 2.31. The minimum absolute atomic E-state index is 0.0935. The minimum atomic E-state index is -3.62. The highest BCUT2D eigenvalue weighted by molar-refractivity contribution is 7.92. The summed E-state index contributed by atoms with van der Waals surface area (Å²) in [7, 11) is -0.589. The number of aromatic nitrogens is 1. The molecule has 1 amide bonds. The van der Waals surface area contributed by atoms with E-state index < -0.39 is 15.8 Å². The molecule has 0 unspecified atom stereocenters. The van der Waals surface area contributed by atoms with E-state index in [1.807, 2.05) is 30.3 Å². The van der Waals surface area contributed by atoms with E-state index in [0.29, 0.717) is 45.9 Å². The Morgan fingerprint density at radius 3 is 2.56 bits per heavy atom. The standard InChI is InChI=1S/C30H29FN4O5S/c1-32-29(36)27-22-15-21(19-7-6-14-35(17-19)30-33-23-8-4-5-9-25(23)40-30)24(34(2)41(3,37)38)16-26(22)39-28(27)18-10-12-20(31)13-11-18/h4-5,8-13,15-16,19H,6-7,14,17H2,1-3H3,(H,32,36)/t19-/m1/s1. The van der Waals surface area contributed by atoms with Crippen LogP contribution >= 0.6 is 0 Å². The molecular formula is C30H29FN4O5S. The van der Waals surface area contributed by atoms with Crippen LogP contribution in [-0.2, 0) is 10.0 Å². The van der Waals surface area contributed by atoms with Gasteiger partial charge in [0.2, 0.25) is 10.0 Å². The Labute approximate surface area is 236 Å². The summed E-state index contributed by atoms with van der Waals surface area (Å²) < 4.78 is 52.6. The third-order valence-electron chi connectivity index (χ3n) is 7.65. The number of benzene rings is 3. The molecule has 9 nitrogen and oxygen atoms in total. The van der Waals surface area contributed by atoms with Crippen LogP contribution in [0.3, 0.4) is 0 Å². The first-order valence-corrected chi connectivity index (χ1v) is 15.1. The number of halogens is 1. The second-order valence-corrected chi connectivity index (χ2v) is 12.3. The number of rotatable bonds is 6. The number of fused-ring (bicyclic) bond motifs is 2. The minimum Gasteiger partial charge on any atom is -0.455 e. The van der Waals surface area contributed by atoms with Gasteiger partial charge < -0.3 is 19.1 Å². The van der Waals surface area contributed by atoms with Gasteiger partial charge in [-0.3, -0.25) is 9.10 Å². The summed E-state index contributed by atoms with van der Waals surface area (Å²) >= 11 is 0. The molecule has 3 aromatic carbocycles. The van der Waals surface area contributed by atoms with Crippen molar-refractivity contribution in [3.63, 3.8) is 0 Å². The summed E-state index contributed by atoms with van der Waals surface area (Å²) in [5.74, 6) is -0.591. The molecule has 1 atom stereocenters. The molecule has 0 radical (unpaired) electrons. The molecule has 11 heteroatoms. The van der Waals surface area contributed by atoms with Gasteiger partial charge in [-0.05, 0) is 60.9 Å². The Morgan fingerprint density at radius 1 is 1.10 bits per heavy atom. The van der Waals surface area contributed by atoms with Gasteiger partial charge in [-0.2, -0.15) is 4.98 Å². The Kier molecular flexibility index (Phi) is 6.69. The van der Waals surface area contributed by atoms with Gasteiger partial charge in [0, 0.05) is 50.1 Å². The van der Waals surface area contributed by atoms with E-state index in [9.17, 15) is 17.6 Å². The van der Waals surface area contributed by atoms with Crippen LogP contribution in [0.1, 0.15) is 34.7 Å². The maximum absolute atomic E-state index is 13.7. The topological polar surface area (TPSA) is 109 Å². The first-order chi connectivity index (χ1) is 19.6. The van der Waals surface area contributed by atoms with E-state index in [2.05, 4.69) is 15.2 Å². The van der Waals surface area contributed by atoms with Gasteiger partial charge in [0.25, 0.3) is 11.9 Å². The summed E-state index contributed by atoms with van der Waals surface area (Å²) in [5, 5.41) is 3.22. The molecule has 0 spiro atoms. The predicted octanol–water partition coefficient (Wildman–Crippen LogP) is 5.52. The van der Waals surface area contributed by atoms with E-state index >= 15 is 0 Å². The van der Waals surface area contributed by atoms with Gasteiger partial charge in [-0.25, -0.2) is 12.8 Å². The van der Waals surface area contributed by atoms with Gasteiger partial charge >= 0.3 is 0 Å². The van der Waals surface area contributed by atoms with E-state index in [-0.39, 0.29) is 17.6 Å². The van der Waals surface area contributed by atoms with Gasteiger partial charge in [-0.1, -0.05) is 12.1 Å². The summed E-state index contributed by atoms with van der Waals surface area (Å²) in [4.78, 5) is 19.9. The number of sulfonamides is 1. The summed E-state index contributed by atoms with van der Waals surface area (Å²) in [5.41, 5.74) is 3.88. The maximum atomic E-state index is 13.7. The fourth-order valence-electron chi connectivity index (χ4n) is 5.48. The average molecular weight is 577 g/mol. The number of carbonyl (C=O) groups excluding carboxylic acids is 1. The lowest BCUT2D eigenvalue weighted by Gasteiger charge is -2.34. The van der Waals surface area contributed by atoms with Gasteiger partial charge in [0.05, 0.1) is 17.5 Å². The molecule has 212 valence electrons. The van der Waals surface area contributed by atoms with Crippen LogP contribution in [0, 0.1) is 5.82 Å². The smallest absolute Gasteiger partial charge is 0.298 e. The quantitative estimate of drug-likeness (QED) is 0.284. The molecule has 0 bridgehead atoms. The van der Waals surface area contributed by atoms with Crippen LogP contribution in [-0.4, -0.2) is 52.7 Å². The first kappa shape index (κ1) is 26.8. The third-order valence-corrected chi connectivity index (χ3v) is 8.84. The average Bonchev–Trinajstić information content (AvgIpc) is 3.57. The number of furan rings is 1. The second kappa shape index (κ2) is 10.2. The lowest BCUT2D eigenvalue weighted by Crippen LogP contribution is -2.35. The molecule has 2 aromatic heterocycles.